The van der Waals surface area contributed by atoms with Gasteiger partial charge in [-0.15, -0.1) is 22.7 Å². The Kier molecular flexibility index (Phi) is 3.63. The highest BCUT2D eigenvalue weighted by atomic mass is 32.1. The van der Waals surface area contributed by atoms with Gasteiger partial charge in [-0.2, -0.15) is 0 Å². The summed E-state index contributed by atoms with van der Waals surface area (Å²) in [5, 5.41) is 7.51. The predicted octanol–water partition coefficient (Wildman–Crippen LogP) is 2.76. The van der Waals surface area contributed by atoms with Crippen LogP contribution in [0.2, 0.25) is 0 Å². The molecule has 0 unspecified atom stereocenters. The molecule has 0 spiro atoms. The van der Waals surface area contributed by atoms with E-state index in [0.717, 1.165) is 13.0 Å². The van der Waals surface area contributed by atoms with E-state index >= 15 is 0 Å². The summed E-state index contributed by atoms with van der Waals surface area (Å²) in [6.07, 6.45) is 2.74. The van der Waals surface area contributed by atoms with E-state index in [1.54, 1.807) is 6.20 Å². The average Bonchev–Trinajstić information content (AvgIpc) is 3.03. The van der Waals surface area contributed by atoms with Crippen LogP contribution in [-0.2, 0) is 11.2 Å². The van der Waals surface area contributed by atoms with Gasteiger partial charge in [-0.1, -0.05) is 0 Å². The second-order valence-electron chi connectivity index (χ2n) is 4.58. The zero-order valence-electron chi connectivity index (χ0n) is 10.6. The van der Waals surface area contributed by atoms with E-state index in [-0.39, 0.29) is 5.91 Å². The van der Waals surface area contributed by atoms with Crippen molar-refractivity contribution < 1.29 is 4.79 Å². The van der Waals surface area contributed by atoms with Crippen molar-refractivity contribution >= 4 is 33.7 Å². The van der Waals surface area contributed by atoms with Gasteiger partial charge in [0.25, 0.3) is 0 Å². The minimum absolute atomic E-state index is 0.0143. The molecule has 0 radical (unpaired) electrons. The van der Waals surface area contributed by atoms with Crippen LogP contribution >= 0.6 is 22.7 Å². The second kappa shape index (κ2) is 5.40. The van der Waals surface area contributed by atoms with E-state index in [1.165, 1.54) is 21.8 Å². The number of nitrogens with zero attached hydrogens (tertiary/aromatic N) is 2. The Balaban J connectivity index is 1.63. The van der Waals surface area contributed by atoms with E-state index in [9.17, 15) is 4.79 Å². The molecule has 2 aromatic rings. The van der Waals surface area contributed by atoms with E-state index in [0.29, 0.717) is 17.7 Å². The number of hydrogen-bond acceptors (Lipinski definition) is 5. The first-order valence-electron chi connectivity index (χ1n) is 6.23. The van der Waals surface area contributed by atoms with Crippen molar-refractivity contribution in [2.45, 2.75) is 19.4 Å². The summed E-state index contributed by atoms with van der Waals surface area (Å²) in [4.78, 5) is 19.7. The van der Waals surface area contributed by atoms with E-state index < -0.39 is 0 Å². The minimum Gasteiger partial charge on any atom is -0.301 e. The van der Waals surface area contributed by atoms with Crippen LogP contribution in [0.15, 0.2) is 23.0 Å². The average molecular weight is 293 g/mol. The number of anilines is 1. The molecule has 100 valence electrons. The van der Waals surface area contributed by atoms with Gasteiger partial charge in [0.15, 0.2) is 5.13 Å². The van der Waals surface area contributed by atoms with Gasteiger partial charge in [-0.05, 0) is 30.4 Å². The third-order valence-electron chi connectivity index (χ3n) is 3.43. The van der Waals surface area contributed by atoms with Crippen LogP contribution < -0.4 is 5.32 Å². The molecule has 6 heteroatoms. The molecule has 2 aromatic heterocycles. The van der Waals surface area contributed by atoms with Crippen LogP contribution in [-0.4, -0.2) is 28.9 Å². The molecule has 1 aliphatic heterocycles. The number of rotatable bonds is 3. The van der Waals surface area contributed by atoms with Gasteiger partial charge in [-0.25, -0.2) is 4.98 Å². The highest BCUT2D eigenvalue weighted by molar-refractivity contribution is 7.13. The summed E-state index contributed by atoms with van der Waals surface area (Å²) < 4.78 is 0. The lowest BCUT2D eigenvalue weighted by Crippen LogP contribution is -2.39. The molecule has 1 atom stereocenters. The number of carbonyl (C=O) groups is 1. The van der Waals surface area contributed by atoms with Crippen LogP contribution in [0.25, 0.3) is 0 Å². The maximum absolute atomic E-state index is 12.0. The first-order chi connectivity index (χ1) is 9.24. The number of amides is 1. The summed E-state index contributed by atoms with van der Waals surface area (Å²) in [5.41, 5.74) is 1.37. The highest BCUT2D eigenvalue weighted by Gasteiger charge is 2.26. The lowest BCUT2D eigenvalue weighted by Gasteiger charge is -2.32. The number of hydrogen-bond donors (Lipinski definition) is 1. The highest BCUT2D eigenvalue weighted by Crippen LogP contribution is 2.32. The fraction of sp³-hybridized carbons (Fsp3) is 0.385. The van der Waals surface area contributed by atoms with Crippen molar-refractivity contribution in [1.29, 1.82) is 0 Å². The van der Waals surface area contributed by atoms with Crippen molar-refractivity contribution in [3.05, 3.63) is 33.5 Å². The second-order valence-corrected chi connectivity index (χ2v) is 6.48. The topological polar surface area (TPSA) is 45.2 Å². The zero-order chi connectivity index (χ0) is 13.2. The molecule has 0 fully saturated rings. The van der Waals surface area contributed by atoms with E-state index in [2.05, 4.69) is 33.6 Å². The molecular formula is C13H15N3OS2. The van der Waals surface area contributed by atoms with Gasteiger partial charge in [0.05, 0.1) is 6.54 Å². The normalized spacial score (nSPS) is 19.1. The molecule has 0 saturated heterocycles. The maximum Gasteiger partial charge on any atom is 0.240 e. The lowest BCUT2D eigenvalue weighted by molar-refractivity contribution is -0.117. The first-order valence-corrected chi connectivity index (χ1v) is 7.99. The van der Waals surface area contributed by atoms with Crippen LogP contribution in [0.5, 0.6) is 0 Å². The molecule has 3 rings (SSSR count). The Morgan fingerprint density at radius 1 is 1.53 bits per heavy atom. The minimum atomic E-state index is 0.0143. The number of fused-ring (bicyclic) bond motifs is 1. The largest absolute Gasteiger partial charge is 0.301 e. The van der Waals surface area contributed by atoms with Crippen molar-refractivity contribution in [3.63, 3.8) is 0 Å². The Bertz CT molecular complexity index is 564. The number of thiophene rings is 1. The Hall–Kier alpha value is -1.24. The van der Waals surface area contributed by atoms with Gasteiger partial charge in [0.2, 0.25) is 5.91 Å². The van der Waals surface area contributed by atoms with Gasteiger partial charge >= 0.3 is 0 Å². The Morgan fingerprint density at radius 2 is 2.42 bits per heavy atom. The fourth-order valence-corrected chi connectivity index (χ4v) is 3.91. The predicted molar refractivity (Wildman–Crippen MR) is 78.8 cm³/mol. The molecule has 0 aromatic carbocycles. The van der Waals surface area contributed by atoms with Crippen molar-refractivity contribution in [2.75, 3.05) is 18.4 Å². The lowest BCUT2D eigenvalue weighted by atomic mass is 10.0. The molecule has 3 heterocycles. The number of nitrogens with one attached hydrogen (secondary N) is 1. The Morgan fingerprint density at radius 3 is 3.21 bits per heavy atom. The van der Waals surface area contributed by atoms with Crippen molar-refractivity contribution in [3.8, 4) is 0 Å². The van der Waals surface area contributed by atoms with Crippen molar-refractivity contribution in [1.82, 2.24) is 9.88 Å². The quantitative estimate of drug-likeness (QED) is 0.946. The summed E-state index contributed by atoms with van der Waals surface area (Å²) in [5.74, 6) is 0.0143. The van der Waals surface area contributed by atoms with Crippen LogP contribution in [0.3, 0.4) is 0 Å². The molecule has 1 N–H and O–H groups in total. The molecule has 4 nitrogen and oxygen atoms in total. The molecular weight excluding hydrogens is 278 g/mol. The van der Waals surface area contributed by atoms with Crippen LogP contribution in [0.1, 0.15) is 23.4 Å². The summed E-state index contributed by atoms with van der Waals surface area (Å²) >= 11 is 3.26. The number of aromatic nitrogens is 1. The van der Waals surface area contributed by atoms with E-state index in [4.69, 9.17) is 0 Å². The maximum atomic E-state index is 12.0. The summed E-state index contributed by atoms with van der Waals surface area (Å²) in [7, 11) is 0. The SMILES string of the molecule is C[C@H]1c2ccsc2CCN1CC(=O)Nc1nccs1. The molecule has 1 amide bonds. The molecule has 0 saturated carbocycles. The third-order valence-corrected chi connectivity index (χ3v) is 5.11. The monoisotopic (exact) mass is 293 g/mol. The molecule has 1 aliphatic rings. The number of thiazole rings is 1. The van der Waals surface area contributed by atoms with Crippen molar-refractivity contribution in [2.24, 2.45) is 0 Å². The standard InChI is InChI=1S/C13H15N3OS2/c1-9-10-3-6-18-11(10)2-5-16(9)8-12(17)15-13-14-4-7-19-13/h3-4,6-7,9H,2,5,8H2,1H3,(H,14,15,17)/t9-/m0/s1. The third kappa shape index (κ3) is 2.70. The van der Waals surface area contributed by atoms with Gasteiger partial charge in [0.1, 0.15) is 0 Å². The molecule has 19 heavy (non-hydrogen) atoms. The van der Waals surface area contributed by atoms with Gasteiger partial charge in [0, 0.05) is 29.0 Å². The van der Waals surface area contributed by atoms with E-state index in [1.807, 2.05) is 16.7 Å². The molecule has 0 bridgehead atoms. The van der Waals surface area contributed by atoms with Gasteiger partial charge in [-0.3, -0.25) is 9.69 Å². The number of carbonyl (C=O) groups excluding carboxylic acids is 1. The molecule has 0 aliphatic carbocycles. The summed E-state index contributed by atoms with van der Waals surface area (Å²) in [6.45, 7) is 3.54. The van der Waals surface area contributed by atoms with Gasteiger partial charge < -0.3 is 5.32 Å². The Labute approximate surface area is 120 Å². The van der Waals surface area contributed by atoms with Crippen LogP contribution in [0.4, 0.5) is 5.13 Å². The summed E-state index contributed by atoms with van der Waals surface area (Å²) in [6, 6.07) is 2.49. The van der Waals surface area contributed by atoms with Crippen LogP contribution in [0, 0.1) is 0 Å². The first kappa shape index (κ1) is 12.8. The fourth-order valence-electron chi connectivity index (χ4n) is 2.41. The smallest absolute Gasteiger partial charge is 0.240 e. The zero-order valence-corrected chi connectivity index (χ0v) is 12.3.